The van der Waals surface area contributed by atoms with Crippen molar-refractivity contribution in [2.75, 3.05) is 11.4 Å². The molecule has 0 aliphatic heterocycles. The van der Waals surface area contributed by atoms with Crippen LogP contribution >= 0.6 is 0 Å². The average Bonchev–Trinajstić information content (AvgIpc) is 2.29. The minimum atomic E-state index is -0.757. The molecular weight excluding hydrogens is 214 g/mol. The number of nitrogens with zero attached hydrogens (tertiary/aromatic N) is 1. The van der Waals surface area contributed by atoms with Crippen LogP contribution in [0.4, 0.5) is 5.69 Å². The van der Waals surface area contributed by atoms with Crippen molar-refractivity contribution in [3.8, 4) is 0 Å². The van der Waals surface area contributed by atoms with Crippen molar-refractivity contribution in [3.05, 3.63) is 29.3 Å². The number of anilines is 1. The lowest BCUT2D eigenvalue weighted by molar-refractivity contribution is -0.138. The van der Waals surface area contributed by atoms with E-state index in [0.29, 0.717) is 13.0 Å². The van der Waals surface area contributed by atoms with Gasteiger partial charge in [-0.1, -0.05) is 13.0 Å². The number of hydrogen-bond donors (Lipinski definition) is 1. The third-order valence-electron chi connectivity index (χ3n) is 3.21. The molecule has 0 heterocycles. The lowest BCUT2D eigenvalue weighted by Gasteiger charge is -2.29. The fourth-order valence-corrected chi connectivity index (χ4v) is 2.02. The minimum absolute atomic E-state index is 0.442. The first-order chi connectivity index (χ1) is 8.01. The van der Waals surface area contributed by atoms with Crippen molar-refractivity contribution >= 4 is 11.7 Å². The highest BCUT2D eigenvalue weighted by Crippen LogP contribution is 2.22. The van der Waals surface area contributed by atoms with Crippen LogP contribution in [0.3, 0.4) is 0 Å². The van der Waals surface area contributed by atoms with E-state index in [2.05, 4.69) is 13.0 Å². The van der Waals surface area contributed by atoms with Crippen molar-refractivity contribution in [1.29, 1.82) is 0 Å². The number of benzene rings is 1. The second kappa shape index (κ2) is 5.71. The molecule has 1 aromatic rings. The number of carbonyl (C=O) groups is 1. The van der Waals surface area contributed by atoms with Crippen LogP contribution in [0, 0.1) is 13.8 Å². The highest BCUT2D eigenvalue weighted by Gasteiger charge is 2.22. The van der Waals surface area contributed by atoms with Gasteiger partial charge in [0.1, 0.15) is 6.04 Å². The van der Waals surface area contributed by atoms with E-state index in [9.17, 15) is 9.90 Å². The van der Waals surface area contributed by atoms with Crippen molar-refractivity contribution in [2.45, 2.75) is 40.2 Å². The molecule has 0 spiro atoms. The summed E-state index contributed by atoms with van der Waals surface area (Å²) in [5, 5.41) is 9.22. The molecule has 0 aromatic heterocycles. The molecule has 0 aliphatic carbocycles. The second-order valence-corrected chi connectivity index (χ2v) is 4.32. The number of aryl methyl sites for hydroxylation is 2. The molecule has 1 aromatic carbocycles. The van der Waals surface area contributed by atoms with Gasteiger partial charge in [-0.25, -0.2) is 4.79 Å². The Balaban J connectivity index is 3.08. The largest absolute Gasteiger partial charge is 0.480 e. The molecule has 1 N–H and O–H groups in total. The number of likely N-dealkylation sites (N-methyl/N-ethyl adjacent to an activating group) is 1. The van der Waals surface area contributed by atoms with E-state index >= 15 is 0 Å². The normalized spacial score (nSPS) is 12.2. The van der Waals surface area contributed by atoms with Crippen molar-refractivity contribution in [3.63, 3.8) is 0 Å². The lowest BCUT2D eigenvalue weighted by atomic mass is 10.1. The van der Waals surface area contributed by atoms with E-state index in [4.69, 9.17) is 0 Å². The minimum Gasteiger partial charge on any atom is -0.480 e. The highest BCUT2D eigenvalue weighted by atomic mass is 16.4. The maximum absolute atomic E-state index is 11.2. The Labute approximate surface area is 103 Å². The van der Waals surface area contributed by atoms with Crippen LogP contribution in [0.2, 0.25) is 0 Å². The zero-order valence-corrected chi connectivity index (χ0v) is 11.0. The summed E-state index contributed by atoms with van der Waals surface area (Å²) in [5.41, 5.74) is 3.42. The smallest absolute Gasteiger partial charge is 0.326 e. The van der Waals surface area contributed by atoms with Gasteiger partial charge in [0.15, 0.2) is 0 Å². The molecule has 3 heteroatoms. The quantitative estimate of drug-likeness (QED) is 0.853. The van der Waals surface area contributed by atoms with E-state index in [-0.39, 0.29) is 0 Å². The Kier molecular flexibility index (Phi) is 4.55. The van der Waals surface area contributed by atoms with E-state index < -0.39 is 12.0 Å². The zero-order chi connectivity index (χ0) is 13.0. The standard InChI is InChI=1S/C14H21NO2/c1-5-13(14(16)17)15(6-2)12-8-7-10(3)11(4)9-12/h7-9,13H,5-6H2,1-4H3,(H,16,17)/t13-/m0/s1. The third-order valence-corrected chi connectivity index (χ3v) is 3.21. The summed E-state index contributed by atoms with van der Waals surface area (Å²) in [5.74, 6) is -0.757. The maximum Gasteiger partial charge on any atom is 0.326 e. The molecule has 0 amide bonds. The molecule has 94 valence electrons. The van der Waals surface area contributed by atoms with Crippen LogP contribution in [0.15, 0.2) is 18.2 Å². The summed E-state index contributed by atoms with van der Waals surface area (Å²) in [6, 6.07) is 5.66. The van der Waals surface area contributed by atoms with Gasteiger partial charge in [0.25, 0.3) is 0 Å². The Hall–Kier alpha value is -1.51. The molecule has 0 radical (unpaired) electrons. The summed E-state index contributed by atoms with van der Waals surface area (Å²) in [4.78, 5) is 13.2. The van der Waals surface area contributed by atoms with Crippen LogP contribution in [0.5, 0.6) is 0 Å². The lowest BCUT2D eigenvalue weighted by Crippen LogP contribution is -2.40. The first kappa shape index (κ1) is 13.6. The maximum atomic E-state index is 11.2. The van der Waals surface area contributed by atoms with Crippen molar-refractivity contribution in [2.24, 2.45) is 0 Å². The second-order valence-electron chi connectivity index (χ2n) is 4.32. The van der Waals surface area contributed by atoms with Gasteiger partial charge in [0.05, 0.1) is 0 Å². The third kappa shape index (κ3) is 2.99. The molecule has 0 unspecified atom stereocenters. The first-order valence-electron chi connectivity index (χ1n) is 6.07. The van der Waals surface area contributed by atoms with E-state index in [1.54, 1.807) is 0 Å². The number of aliphatic carboxylic acids is 1. The summed E-state index contributed by atoms with van der Waals surface area (Å²) in [7, 11) is 0. The predicted molar refractivity (Wildman–Crippen MR) is 70.7 cm³/mol. The topological polar surface area (TPSA) is 40.5 Å². The number of carboxylic acid groups (broad SMARTS) is 1. The van der Waals surface area contributed by atoms with Crippen LogP contribution in [-0.2, 0) is 4.79 Å². The molecule has 0 saturated carbocycles. The van der Waals surface area contributed by atoms with Crippen LogP contribution in [-0.4, -0.2) is 23.7 Å². The summed E-state index contributed by atoms with van der Waals surface area (Å²) in [6.45, 7) is 8.70. The van der Waals surface area contributed by atoms with Gasteiger partial charge in [0, 0.05) is 12.2 Å². The number of carboxylic acids is 1. The first-order valence-corrected chi connectivity index (χ1v) is 6.07. The molecule has 1 atom stereocenters. The van der Waals surface area contributed by atoms with Crippen LogP contribution in [0.25, 0.3) is 0 Å². The number of rotatable bonds is 5. The van der Waals surface area contributed by atoms with Gasteiger partial charge in [-0.05, 0) is 50.5 Å². The van der Waals surface area contributed by atoms with Crippen molar-refractivity contribution in [1.82, 2.24) is 0 Å². The monoisotopic (exact) mass is 235 g/mol. The van der Waals surface area contributed by atoms with Crippen LogP contribution < -0.4 is 4.90 Å². The molecule has 0 saturated heterocycles. The molecule has 0 aliphatic rings. The van der Waals surface area contributed by atoms with Gasteiger partial charge < -0.3 is 10.0 Å². The fourth-order valence-electron chi connectivity index (χ4n) is 2.02. The predicted octanol–water partition coefficient (Wildman–Crippen LogP) is 2.99. The van der Waals surface area contributed by atoms with Gasteiger partial charge in [0.2, 0.25) is 0 Å². The Bertz CT molecular complexity index is 401. The van der Waals surface area contributed by atoms with Gasteiger partial charge in [-0.3, -0.25) is 0 Å². The highest BCUT2D eigenvalue weighted by molar-refractivity contribution is 5.78. The summed E-state index contributed by atoms with van der Waals surface area (Å²) in [6.07, 6.45) is 0.607. The van der Waals surface area contributed by atoms with Gasteiger partial charge in [-0.2, -0.15) is 0 Å². The Morgan fingerprint density at radius 1 is 1.29 bits per heavy atom. The molecule has 17 heavy (non-hydrogen) atoms. The molecule has 1 rings (SSSR count). The van der Waals surface area contributed by atoms with E-state index in [0.717, 1.165) is 5.69 Å². The fraction of sp³-hybridized carbons (Fsp3) is 0.500. The van der Waals surface area contributed by atoms with Gasteiger partial charge >= 0.3 is 5.97 Å². The van der Waals surface area contributed by atoms with Gasteiger partial charge in [-0.15, -0.1) is 0 Å². The molecular formula is C14H21NO2. The van der Waals surface area contributed by atoms with E-state index in [1.807, 2.05) is 37.8 Å². The van der Waals surface area contributed by atoms with Crippen LogP contribution in [0.1, 0.15) is 31.4 Å². The SMILES string of the molecule is CC[C@@H](C(=O)O)N(CC)c1ccc(C)c(C)c1. The summed E-state index contributed by atoms with van der Waals surface area (Å²) < 4.78 is 0. The molecule has 0 bridgehead atoms. The average molecular weight is 235 g/mol. The Morgan fingerprint density at radius 3 is 2.35 bits per heavy atom. The number of hydrogen-bond acceptors (Lipinski definition) is 2. The molecule has 3 nitrogen and oxygen atoms in total. The van der Waals surface area contributed by atoms with E-state index in [1.165, 1.54) is 11.1 Å². The molecule has 0 fully saturated rings. The zero-order valence-electron chi connectivity index (χ0n) is 11.0. The Morgan fingerprint density at radius 2 is 1.94 bits per heavy atom. The summed E-state index contributed by atoms with van der Waals surface area (Å²) >= 11 is 0. The van der Waals surface area contributed by atoms with Crippen molar-refractivity contribution < 1.29 is 9.90 Å².